The molecule has 0 spiro atoms. The van der Waals surface area contributed by atoms with E-state index in [0.29, 0.717) is 6.42 Å². The molecular weight excluding hydrogens is 344 g/mol. The number of hydrogen-bond donors (Lipinski definition) is 2. The molecule has 0 aromatic rings. The van der Waals surface area contributed by atoms with E-state index in [2.05, 4.69) is 0 Å². The van der Waals surface area contributed by atoms with Crippen molar-refractivity contribution in [1.82, 2.24) is 0 Å². The van der Waals surface area contributed by atoms with Crippen LogP contribution in [0.25, 0.3) is 0 Å². The molecular formula is C22H32O5. The van der Waals surface area contributed by atoms with E-state index in [1.54, 1.807) is 12.2 Å². The summed E-state index contributed by atoms with van der Waals surface area (Å²) in [6, 6.07) is 0. The van der Waals surface area contributed by atoms with E-state index in [1.807, 2.05) is 41.5 Å². The van der Waals surface area contributed by atoms with Gasteiger partial charge < -0.3 is 10.2 Å². The molecule has 5 nitrogen and oxygen atoms in total. The molecule has 0 saturated carbocycles. The second-order valence-electron chi connectivity index (χ2n) is 8.19. The Bertz CT molecular complexity index is 700. The van der Waals surface area contributed by atoms with Crippen LogP contribution in [0, 0.1) is 11.8 Å². The second-order valence-corrected chi connectivity index (χ2v) is 8.19. The Kier molecular flexibility index (Phi) is 7.90. The highest BCUT2D eigenvalue weighted by Crippen LogP contribution is 2.41. The number of aliphatic hydroxyl groups excluding tert-OH is 1. The molecule has 0 fully saturated rings. The van der Waals surface area contributed by atoms with Crippen LogP contribution in [-0.2, 0) is 14.4 Å². The molecule has 1 aliphatic rings. The van der Waals surface area contributed by atoms with Gasteiger partial charge in [0.15, 0.2) is 23.0 Å². The summed E-state index contributed by atoms with van der Waals surface area (Å²) in [7, 11) is 0. The van der Waals surface area contributed by atoms with E-state index in [4.69, 9.17) is 0 Å². The van der Waals surface area contributed by atoms with Crippen LogP contribution in [0.3, 0.4) is 0 Å². The first-order chi connectivity index (χ1) is 12.4. The van der Waals surface area contributed by atoms with Crippen LogP contribution in [0.5, 0.6) is 0 Å². The van der Waals surface area contributed by atoms with E-state index in [9.17, 15) is 24.6 Å². The summed E-state index contributed by atoms with van der Waals surface area (Å²) >= 11 is 0. The van der Waals surface area contributed by atoms with Crippen molar-refractivity contribution in [3.8, 4) is 0 Å². The quantitative estimate of drug-likeness (QED) is 0.468. The maximum atomic E-state index is 12.9. The lowest BCUT2D eigenvalue weighted by molar-refractivity contribution is -0.144. The molecule has 1 rings (SSSR count). The largest absolute Gasteiger partial charge is 0.508 e. The molecule has 150 valence electrons. The van der Waals surface area contributed by atoms with Gasteiger partial charge >= 0.3 is 0 Å². The predicted octanol–water partition coefficient (Wildman–Crippen LogP) is 4.02. The average Bonchev–Trinajstić information content (AvgIpc) is 2.75. The van der Waals surface area contributed by atoms with E-state index in [1.165, 1.54) is 0 Å². The molecule has 0 aromatic carbocycles. The summed E-state index contributed by atoms with van der Waals surface area (Å²) in [6.07, 6.45) is 3.99. The highest BCUT2D eigenvalue weighted by atomic mass is 16.3. The van der Waals surface area contributed by atoms with Crippen LogP contribution >= 0.6 is 0 Å². The second kappa shape index (κ2) is 9.27. The van der Waals surface area contributed by atoms with E-state index < -0.39 is 40.2 Å². The first-order valence-corrected chi connectivity index (χ1v) is 9.46. The average molecular weight is 376 g/mol. The van der Waals surface area contributed by atoms with Gasteiger partial charge in [-0.05, 0) is 46.5 Å². The van der Waals surface area contributed by atoms with Crippen molar-refractivity contribution in [2.24, 2.45) is 11.8 Å². The Labute approximate surface area is 161 Å². The minimum Gasteiger partial charge on any atom is -0.508 e. The number of allylic oxidation sites excluding steroid dienone is 5. The molecule has 0 heterocycles. The zero-order chi connectivity index (χ0) is 20.9. The van der Waals surface area contributed by atoms with Gasteiger partial charge in [-0.15, -0.1) is 0 Å². The van der Waals surface area contributed by atoms with Crippen molar-refractivity contribution < 1.29 is 24.6 Å². The van der Waals surface area contributed by atoms with Gasteiger partial charge in [0.1, 0.15) is 11.3 Å². The number of carbonyl (C=O) groups excluding carboxylic acids is 3. The molecule has 0 radical (unpaired) electrons. The molecule has 1 unspecified atom stereocenters. The number of carbonyl (C=O) groups is 3. The first-order valence-electron chi connectivity index (χ1n) is 9.46. The van der Waals surface area contributed by atoms with Crippen molar-refractivity contribution >= 4 is 17.3 Å². The van der Waals surface area contributed by atoms with Crippen LogP contribution in [0.1, 0.15) is 67.2 Å². The summed E-state index contributed by atoms with van der Waals surface area (Å²) in [6.45, 7) is 11.2. The molecule has 1 aliphatic carbocycles. The highest BCUT2D eigenvalue weighted by Gasteiger charge is 2.58. The van der Waals surface area contributed by atoms with Crippen molar-refractivity contribution in [3.63, 3.8) is 0 Å². The minimum atomic E-state index is -2.35. The van der Waals surface area contributed by atoms with Crippen LogP contribution in [0.2, 0.25) is 0 Å². The molecule has 0 aromatic heterocycles. The fourth-order valence-electron chi connectivity index (χ4n) is 3.06. The Balaban J connectivity index is 3.35. The maximum Gasteiger partial charge on any atom is 0.191 e. The zero-order valence-electron chi connectivity index (χ0n) is 17.3. The monoisotopic (exact) mass is 376 g/mol. The third-order valence-electron chi connectivity index (χ3n) is 4.78. The van der Waals surface area contributed by atoms with Gasteiger partial charge in [0.05, 0.1) is 5.92 Å². The third-order valence-corrected chi connectivity index (χ3v) is 4.78. The fourth-order valence-corrected chi connectivity index (χ4v) is 3.06. The molecule has 5 heteroatoms. The summed E-state index contributed by atoms with van der Waals surface area (Å²) in [5.74, 6) is -3.53. The minimum absolute atomic E-state index is 0.0866. The molecule has 0 saturated heterocycles. The summed E-state index contributed by atoms with van der Waals surface area (Å²) in [5.41, 5.74) is -0.955. The van der Waals surface area contributed by atoms with Gasteiger partial charge in [-0.3, -0.25) is 14.4 Å². The molecule has 27 heavy (non-hydrogen) atoms. The standard InChI is InChI=1S/C22H32O5/c1-13(2)7-10-16-20(25)19(17(23)11-8-14(3)4)21(26)22(16,27)18(24)12-9-15(5)6/h7,9,14,16,26-27H,8,10-12H2,1-6H3/t16-,22?/m1/s1. The summed E-state index contributed by atoms with van der Waals surface area (Å²) < 4.78 is 0. The number of Topliss-reactive ketones (excluding diaryl/α,β-unsaturated/α-hetero) is 3. The first kappa shape index (κ1) is 23.0. The van der Waals surface area contributed by atoms with Crippen molar-refractivity contribution in [2.75, 3.05) is 0 Å². The number of rotatable bonds is 9. The summed E-state index contributed by atoms with van der Waals surface area (Å²) in [4.78, 5) is 38.2. The van der Waals surface area contributed by atoms with Crippen molar-refractivity contribution in [1.29, 1.82) is 0 Å². The Hall–Kier alpha value is -2.01. The SMILES string of the molecule is CC(C)=CCC(=O)C1(O)C(O)=C(C(=O)CCC(C)C)C(=O)[C@H]1CC=C(C)C. The van der Waals surface area contributed by atoms with Gasteiger partial charge in [0.25, 0.3) is 0 Å². The Morgan fingerprint density at radius 2 is 1.67 bits per heavy atom. The zero-order valence-corrected chi connectivity index (χ0v) is 17.3. The summed E-state index contributed by atoms with van der Waals surface area (Å²) in [5, 5.41) is 21.7. The van der Waals surface area contributed by atoms with Gasteiger partial charge in [-0.2, -0.15) is 0 Å². The van der Waals surface area contributed by atoms with Crippen molar-refractivity contribution in [2.45, 2.75) is 72.8 Å². The van der Waals surface area contributed by atoms with Gasteiger partial charge in [-0.25, -0.2) is 0 Å². The van der Waals surface area contributed by atoms with Gasteiger partial charge in [0.2, 0.25) is 0 Å². The van der Waals surface area contributed by atoms with E-state index in [0.717, 1.165) is 11.1 Å². The lowest BCUT2D eigenvalue weighted by Crippen LogP contribution is -2.46. The number of ketones is 3. The number of hydrogen-bond acceptors (Lipinski definition) is 5. The maximum absolute atomic E-state index is 12.9. The number of aliphatic hydroxyl groups is 2. The molecule has 2 N–H and O–H groups in total. The molecule has 0 bridgehead atoms. The Morgan fingerprint density at radius 3 is 2.15 bits per heavy atom. The molecule has 0 amide bonds. The van der Waals surface area contributed by atoms with Crippen molar-refractivity contribution in [3.05, 3.63) is 34.6 Å². The van der Waals surface area contributed by atoms with Crippen LogP contribution in [-0.4, -0.2) is 33.2 Å². The normalized spacial score (nSPS) is 22.2. The van der Waals surface area contributed by atoms with Gasteiger partial charge in [0, 0.05) is 12.8 Å². The lowest BCUT2D eigenvalue weighted by atomic mass is 9.81. The topological polar surface area (TPSA) is 91.7 Å². The van der Waals surface area contributed by atoms with Gasteiger partial charge in [-0.1, -0.05) is 37.1 Å². The lowest BCUT2D eigenvalue weighted by Gasteiger charge is -2.27. The van der Waals surface area contributed by atoms with E-state index in [-0.39, 0.29) is 25.2 Å². The fraction of sp³-hybridized carbons (Fsp3) is 0.591. The van der Waals surface area contributed by atoms with Crippen LogP contribution < -0.4 is 0 Å². The third kappa shape index (κ3) is 5.25. The predicted molar refractivity (Wildman–Crippen MR) is 105 cm³/mol. The highest BCUT2D eigenvalue weighted by molar-refractivity contribution is 6.26. The van der Waals surface area contributed by atoms with Crippen LogP contribution in [0.15, 0.2) is 34.6 Å². The molecule has 2 atom stereocenters. The van der Waals surface area contributed by atoms with E-state index >= 15 is 0 Å². The Morgan fingerprint density at radius 1 is 1.11 bits per heavy atom. The van der Waals surface area contributed by atoms with Crippen LogP contribution in [0.4, 0.5) is 0 Å². The molecule has 0 aliphatic heterocycles. The smallest absolute Gasteiger partial charge is 0.191 e.